The number of carbonyl (C=O) groups is 1. The third kappa shape index (κ3) is 3.39. The molecule has 0 N–H and O–H groups in total. The smallest absolute Gasteiger partial charge is 0.315 e. The van der Waals surface area contributed by atoms with Crippen LogP contribution < -0.4 is 9.47 Å². The molecule has 1 heterocycles. The molecular formula is C16H12BrClO3. The fraction of sp³-hybridized carbons (Fsp3) is 0.188. The Balaban J connectivity index is 1.69. The molecule has 108 valence electrons. The summed E-state index contributed by atoms with van der Waals surface area (Å²) in [6, 6.07) is 10.8. The Morgan fingerprint density at radius 1 is 1.29 bits per heavy atom. The lowest BCUT2D eigenvalue weighted by Gasteiger charge is -2.07. The molecule has 0 saturated heterocycles. The van der Waals surface area contributed by atoms with E-state index in [1.54, 1.807) is 18.2 Å². The van der Waals surface area contributed by atoms with Crippen LogP contribution in [0.1, 0.15) is 11.1 Å². The highest BCUT2D eigenvalue weighted by Gasteiger charge is 2.14. The summed E-state index contributed by atoms with van der Waals surface area (Å²) in [6.07, 6.45) is 1.11. The van der Waals surface area contributed by atoms with Gasteiger partial charge in [0.15, 0.2) is 0 Å². The molecule has 2 aromatic carbocycles. The molecule has 1 aliphatic rings. The van der Waals surface area contributed by atoms with Gasteiger partial charge in [-0.25, -0.2) is 0 Å². The van der Waals surface area contributed by atoms with Crippen molar-refractivity contribution < 1.29 is 14.3 Å². The Kier molecular flexibility index (Phi) is 4.17. The lowest BCUT2D eigenvalue weighted by atomic mass is 10.1. The molecule has 0 saturated carbocycles. The first-order valence-electron chi connectivity index (χ1n) is 6.52. The quantitative estimate of drug-likeness (QED) is 0.603. The average Bonchev–Trinajstić information content (AvgIpc) is 2.89. The average molecular weight is 368 g/mol. The summed E-state index contributed by atoms with van der Waals surface area (Å²) in [5, 5.41) is 0.584. The summed E-state index contributed by atoms with van der Waals surface area (Å²) in [5.74, 6) is 1.07. The minimum absolute atomic E-state index is 0.225. The van der Waals surface area contributed by atoms with Crippen LogP contribution in [0.3, 0.4) is 0 Å². The zero-order valence-corrected chi connectivity index (χ0v) is 13.4. The van der Waals surface area contributed by atoms with Gasteiger partial charge in [-0.1, -0.05) is 23.7 Å². The molecule has 2 aromatic rings. The summed E-state index contributed by atoms with van der Waals surface area (Å²) < 4.78 is 11.5. The van der Waals surface area contributed by atoms with E-state index in [2.05, 4.69) is 15.9 Å². The molecule has 5 heteroatoms. The van der Waals surface area contributed by atoms with Gasteiger partial charge in [0.2, 0.25) is 0 Å². The number of halogens is 2. The van der Waals surface area contributed by atoms with E-state index >= 15 is 0 Å². The monoisotopic (exact) mass is 366 g/mol. The van der Waals surface area contributed by atoms with Gasteiger partial charge in [-0.2, -0.15) is 0 Å². The van der Waals surface area contributed by atoms with Gasteiger partial charge in [-0.15, -0.1) is 0 Å². The molecule has 0 fully saturated rings. The number of benzene rings is 2. The topological polar surface area (TPSA) is 35.5 Å². The first-order chi connectivity index (χ1) is 10.1. The minimum Gasteiger partial charge on any atom is -0.493 e. The first-order valence-corrected chi connectivity index (χ1v) is 7.69. The molecule has 1 aliphatic heterocycles. The number of carbonyl (C=O) groups excluding carboxylic acids is 1. The van der Waals surface area contributed by atoms with E-state index in [-0.39, 0.29) is 12.4 Å². The summed E-state index contributed by atoms with van der Waals surface area (Å²) in [6.45, 7) is 0.709. The Labute approximate surface area is 136 Å². The fourth-order valence-electron chi connectivity index (χ4n) is 2.23. The Morgan fingerprint density at radius 2 is 2.14 bits per heavy atom. The second-order valence-electron chi connectivity index (χ2n) is 4.77. The maximum Gasteiger partial charge on any atom is 0.315 e. The fourth-order valence-corrected chi connectivity index (χ4v) is 3.00. The van der Waals surface area contributed by atoms with Gasteiger partial charge >= 0.3 is 5.97 Å². The highest BCUT2D eigenvalue weighted by molar-refractivity contribution is 9.10. The van der Waals surface area contributed by atoms with Crippen LogP contribution in [0.15, 0.2) is 40.9 Å². The number of esters is 1. The van der Waals surface area contributed by atoms with Crippen LogP contribution in [0, 0.1) is 0 Å². The largest absolute Gasteiger partial charge is 0.493 e. The summed E-state index contributed by atoms with van der Waals surface area (Å²) in [5.41, 5.74) is 2.07. The van der Waals surface area contributed by atoms with Crippen LogP contribution in [-0.2, 0) is 17.6 Å². The maximum atomic E-state index is 12.0. The summed E-state index contributed by atoms with van der Waals surface area (Å²) in [7, 11) is 0. The SMILES string of the molecule is O=C(Cc1ccc2c(c1)CCO2)Oc1ccc(Cl)cc1Br. The van der Waals surface area contributed by atoms with Gasteiger partial charge in [0.05, 0.1) is 17.5 Å². The van der Waals surface area contributed by atoms with E-state index in [9.17, 15) is 4.79 Å². The molecule has 0 amide bonds. The van der Waals surface area contributed by atoms with Gasteiger partial charge in [0.25, 0.3) is 0 Å². The van der Waals surface area contributed by atoms with E-state index in [0.717, 1.165) is 23.3 Å². The molecule has 0 radical (unpaired) electrons. The van der Waals surface area contributed by atoms with Crippen molar-refractivity contribution in [1.82, 2.24) is 0 Å². The van der Waals surface area contributed by atoms with Crippen molar-refractivity contribution in [3.8, 4) is 11.5 Å². The van der Waals surface area contributed by atoms with Crippen molar-refractivity contribution >= 4 is 33.5 Å². The van der Waals surface area contributed by atoms with Crippen molar-refractivity contribution in [3.63, 3.8) is 0 Å². The van der Waals surface area contributed by atoms with Crippen molar-refractivity contribution in [3.05, 3.63) is 57.0 Å². The predicted octanol–water partition coefficient (Wildman–Crippen LogP) is 4.19. The number of ether oxygens (including phenoxy) is 2. The molecular weight excluding hydrogens is 356 g/mol. The van der Waals surface area contributed by atoms with E-state index in [4.69, 9.17) is 21.1 Å². The number of hydrogen-bond acceptors (Lipinski definition) is 3. The van der Waals surface area contributed by atoms with Crippen LogP contribution >= 0.6 is 27.5 Å². The van der Waals surface area contributed by atoms with Gasteiger partial charge in [0, 0.05) is 11.4 Å². The van der Waals surface area contributed by atoms with Crippen molar-refractivity contribution in [2.45, 2.75) is 12.8 Å². The van der Waals surface area contributed by atoms with E-state index < -0.39 is 0 Å². The van der Waals surface area contributed by atoms with Crippen molar-refractivity contribution in [1.29, 1.82) is 0 Å². The van der Waals surface area contributed by atoms with Crippen LogP contribution in [0.2, 0.25) is 5.02 Å². The number of fused-ring (bicyclic) bond motifs is 1. The lowest BCUT2D eigenvalue weighted by Crippen LogP contribution is -2.11. The zero-order chi connectivity index (χ0) is 14.8. The van der Waals surface area contributed by atoms with E-state index in [1.165, 1.54) is 0 Å². The summed E-state index contributed by atoms with van der Waals surface area (Å²) in [4.78, 5) is 12.0. The highest BCUT2D eigenvalue weighted by Crippen LogP contribution is 2.29. The van der Waals surface area contributed by atoms with Gasteiger partial charge in [0.1, 0.15) is 11.5 Å². The molecule has 0 bridgehead atoms. The molecule has 0 aromatic heterocycles. The van der Waals surface area contributed by atoms with Crippen molar-refractivity contribution in [2.75, 3.05) is 6.61 Å². The maximum absolute atomic E-state index is 12.0. The molecule has 21 heavy (non-hydrogen) atoms. The minimum atomic E-state index is -0.308. The molecule has 0 spiro atoms. The molecule has 3 rings (SSSR count). The normalized spacial score (nSPS) is 12.7. The molecule has 0 atom stereocenters. The van der Waals surface area contributed by atoms with Crippen LogP contribution in [-0.4, -0.2) is 12.6 Å². The molecule has 3 nitrogen and oxygen atoms in total. The number of hydrogen-bond donors (Lipinski definition) is 0. The Bertz CT molecular complexity index is 700. The Hall–Kier alpha value is -1.52. The predicted molar refractivity (Wildman–Crippen MR) is 84.1 cm³/mol. The summed E-state index contributed by atoms with van der Waals surface area (Å²) >= 11 is 9.18. The van der Waals surface area contributed by atoms with Crippen molar-refractivity contribution in [2.24, 2.45) is 0 Å². The van der Waals surface area contributed by atoms with E-state index in [0.29, 0.717) is 21.9 Å². The third-order valence-electron chi connectivity index (χ3n) is 3.22. The molecule has 0 unspecified atom stereocenters. The standard InChI is InChI=1S/C16H12BrClO3/c17-13-9-12(18)2-4-15(13)21-16(19)8-10-1-3-14-11(7-10)5-6-20-14/h1-4,7,9H,5-6,8H2. The second kappa shape index (κ2) is 6.08. The van der Waals surface area contributed by atoms with Crippen LogP contribution in [0.4, 0.5) is 0 Å². The molecule has 0 aliphatic carbocycles. The lowest BCUT2D eigenvalue weighted by molar-refractivity contribution is -0.133. The van der Waals surface area contributed by atoms with E-state index in [1.807, 2.05) is 18.2 Å². The Morgan fingerprint density at radius 3 is 2.95 bits per heavy atom. The third-order valence-corrected chi connectivity index (χ3v) is 4.07. The van der Waals surface area contributed by atoms with Gasteiger partial charge in [-0.3, -0.25) is 4.79 Å². The van der Waals surface area contributed by atoms with Crippen LogP contribution in [0.25, 0.3) is 0 Å². The van der Waals surface area contributed by atoms with Gasteiger partial charge < -0.3 is 9.47 Å². The number of rotatable bonds is 3. The zero-order valence-electron chi connectivity index (χ0n) is 11.1. The highest BCUT2D eigenvalue weighted by atomic mass is 79.9. The van der Waals surface area contributed by atoms with Gasteiger partial charge in [-0.05, 0) is 51.3 Å². The first kappa shape index (κ1) is 14.4. The second-order valence-corrected chi connectivity index (χ2v) is 6.06. The van der Waals surface area contributed by atoms with Crippen LogP contribution in [0.5, 0.6) is 11.5 Å².